The summed E-state index contributed by atoms with van der Waals surface area (Å²) in [4.78, 5) is 5.02. The Kier molecular flexibility index (Phi) is 3.19. The molecule has 0 aromatic carbocycles. The van der Waals surface area contributed by atoms with Crippen molar-refractivity contribution < 1.29 is 4.84 Å². The molecule has 0 unspecified atom stereocenters. The first-order valence-electron chi connectivity index (χ1n) is 3.56. The normalized spacial score (nSPS) is 17.1. The van der Waals surface area contributed by atoms with Gasteiger partial charge in [-0.05, 0) is 18.4 Å². The fraction of sp³-hybridized carbons (Fsp3) is 0.500. The van der Waals surface area contributed by atoms with Crippen LogP contribution in [0.5, 0.6) is 0 Å². The summed E-state index contributed by atoms with van der Waals surface area (Å²) in [5, 5.41) is 0. The molecule has 0 aromatic heterocycles. The summed E-state index contributed by atoms with van der Waals surface area (Å²) >= 11 is 0. The van der Waals surface area contributed by atoms with Gasteiger partial charge < -0.3 is 0 Å². The first-order chi connectivity index (χ1) is 4.93. The molecule has 0 radical (unpaired) electrons. The molecule has 1 aliphatic carbocycles. The summed E-state index contributed by atoms with van der Waals surface area (Å²) in [6.45, 7) is 0.709. The third-order valence-corrected chi connectivity index (χ3v) is 1.50. The van der Waals surface area contributed by atoms with Crippen LogP contribution >= 0.6 is 0 Å². The maximum Gasteiger partial charge on any atom is 0.0896 e. The van der Waals surface area contributed by atoms with Crippen molar-refractivity contribution in [3.63, 3.8) is 0 Å². The van der Waals surface area contributed by atoms with Crippen molar-refractivity contribution in [2.45, 2.75) is 12.8 Å². The third-order valence-electron chi connectivity index (χ3n) is 1.50. The third kappa shape index (κ3) is 2.33. The fourth-order valence-corrected chi connectivity index (χ4v) is 0.938. The number of hydrogen-bond donors (Lipinski definition) is 1. The second-order valence-corrected chi connectivity index (χ2v) is 2.28. The van der Waals surface area contributed by atoms with E-state index in [1.165, 1.54) is 5.57 Å². The Labute approximate surface area is 61.5 Å². The smallest absolute Gasteiger partial charge is 0.0896 e. The van der Waals surface area contributed by atoms with Crippen LogP contribution in [0.15, 0.2) is 23.8 Å². The molecule has 10 heavy (non-hydrogen) atoms. The molecular weight excluding hydrogens is 126 g/mol. The standard InChI is InChI=1S/C8H13NO/c1-9-10-7-8-5-3-2-4-6-8/h2-3,5,9H,4,6-7H2,1H3. The Bertz CT molecular complexity index is 149. The monoisotopic (exact) mass is 139 g/mol. The number of hydroxylamine groups is 1. The quantitative estimate of drug-likeness (QED) is 0.597. The predicted octanol–water partition coefficient (Wildman–Crippen LogP) is 1.41. The molecule has 2 heteroatoms. The van der Waals surface area contributed by atoms with E-state index in [2.05, 4.69) is 23.7 Å². The van der Waals surface area contributed by atoms with Crippen LogP contribution in [0, 0.1) is 0 Å². The minimum atomic E-state index is 0.709. The average molecular weight is 139 g/mol. The highest BCUT2D eigenvalue weighted by atomic mass is 16.6. The largest absolute Gasteiger partial charge is 0.298 e. The van der Waals surface area contributed by atoms with Crippen LogP contribution < -0.4 is 5.48 Å². The van der Waals surface area contributed by atoms with Gasteiger partial charge in [-0.15, -0.1) is 0 Å². The van der Waals surface area contributed by atoms with Gasteiger partial charge in [-0.1, -0.05) is 18.2 Å². The van der Waals surface area contributed by atoms with Crippen molar-refractivity contribution in [3.05, 3.63) is 23.8 Å². The molecule has 0 spiro atoms. The van der Waals surface area contributed by atoms with Crippen LogP contribution in [0.25, 0.3) is 0 Å². The van der Waals surface area contributed by atoms with Crippen molar-refractivity contribution in [2.75, 3.05) is 13.7 Å². The van der Waals surface area contributed by atoms with Crippen molar-refractivity contribution in [2.24, 2.45) is 0 Å². The first-order valence-corrected chi connectivity index (χ1v) is 3.56. The van der Waals surface area contributed by atoms with Crippen LogP contribution in [-0.4, -0.2) is 13.7 Å². The second kappa shape index (κ2) is 4.25. The molecule has 0 amide bonds. The van der Waals surface area contributed by atoms with E-state index >= 15 is 0 Å². The zero-order valence-electron chi connectivity index (χ0n) is 6.26. The Morgan fingerprint density at radius 3 is 3.20 bits per heavy atom. The highest BCUT2D eigenvalue weighted by Gasteiger charge is 1.97. The molecule has 0 aromatic rings. The summed E-state index contributed by atoms with van der Waals surface area (Å²) in [6, 6.07) is 0. The van der Waals surface area contributed by atoms with Crippen LogP contribution in [-0.2, 0) is 4.84 Å². The number of hydrogen-bond acceptors (Lipinski definition) is 2. The fourth-order valence-electron chi connectivity index (χ4n) is 0.938. The molecule has 1 aliphatic rings. The van der Waals surface area contributed by atoms with Crippen LogP contribution in [0.4, 0.5) is 0 Å². The maximum atomic E-state index is 5.02. The van der Waals surface area contributed by atoms with E-state index in [9.17, 15) is 0 Å². The molecule has 1 N–H and O–H groups in total. The molecule has 0 heterocycles. The molecule has 0 atom stereocenters. The summed E-state index contributed by atoms with van der Waals surface area (Å²) in [5.74, 6) is 0. The lowest BCUT2D eigenvalue weighted by atomic mass is 10.1. The number of nitrogens with one attached hydrogen (secondary N) is 1. The van der Waals surface area contributed by atoms with Crippen molar-refractivity contribution >= 4 is 0 Å². The molecule has 56 valence electrons. The summed E-state index contributed by atoms with van der Waals surface area (Å²) in [6.07, 6.45) is 8.65. The predicted molar refractivity (Wildman–Crippen MR) is 41.5 cm³/mol. The molecule has 0 aliphatic heterocycles. The van der Waals surface area contributed by atoms with Gasteiger partial charge in [-0.3, -0.25) is 4.84 Å². The lowest BCUT2D eigenvalue weighted by Crippen LogP contribution is -2.10. The Hall–Kier alpha value is -0.600. The molecule has 1 rings (SSSR count). The summed E-state index contributed by atoms with van der Waals surface area (Å²) in [7, 11) is 1.78. The molecule has 2 nitrogen and oxygen atoms in total. The molecule has 0 saturated carbocycles. The van der Waals surface area contributed by atoms with Gasteiger partial charge >= 0.3 is 0 Å². The van der Waals surface area contributed by atoms with Crippen LogP contribution in [0.1, 0.15) is 12.8 Å². The van der Waals surface area contributed by atoms with Gasteiger partial charge in [-0.25, -0.2) is 5.48 Å². The van der Waals surface area contributed by atoms with Gasteiger partial charge in [0.1, 0.15) is 0 Å². The van der Waals surface area contributed by atoms with E-state index < -0.39 is 0 Å². The van der Waals surface area contributed by atoms with E-state index in [-0.39, 0.29) is 0 Å². The minimum absolute atomic E-state index is 0.709. The van der Waals surface area contributed by atoms with E-state index in [0.717, 1.165) is 12.8 Å². The zero-order valence-corrected chi connectivity index (χ0v) is 6.26. The minimum Gasteiger partial charge on any atom is -0.298 e. The van der Waals surface area contributed by atoms with Crippen molar-refractivity contribution in [3.8, 4) is 0 Å². The zero-order chi connectivity index (χ0) is 7.23. The van der Waals surface area contributed by atoms with E-state index in [0.29, 0.717) is 6.61 Å². The van der Waals surface area contributed by atoms with Crippen LogP contribution in [0.2, 0.25) is 0 Å². The average Bonchev–Trinajstić information content (AvgIpc) is 2.03. The SMILES string of the molecule is CNOCC1=CC=CCC1. The Balaban J connectivity index is 2.25. The molecule has 0 fully saturated rings. The Morgan fingerprint density at radius 2 is 2.60 bits per heavy atom. The number of rotatable bonds is 3. The van der Waals surface area contributed by atoms with Crippen LogP contribution in [0.3, 0.4) is 0 Å². The lowest BCUT2D eigenvalue weighted by molar-refractivity contribution is 0.0745. The molecule has 0 bridgehead atoms. The summed E-state index contributed by atoms with van der Waals surface area (Å²) < 4.78 is 0. The van der Waals surface area contributed by atoms with E-state index in [1.807, 2.05) is 0 Å². The lowest BCUT2D eigenvalue weighted by Gasteiger charge is -2.07. The second-order valence-electron chi connectivity index (χ2n) is 2.28. The topological polar surface area (TPSA) is 21.3 Å². The maximum absolute atomic E-state index is 5.02. The first kappa shape index (κ1) is 7.51. The van der Waals surface area contributed by atoms with Gasteiger partial charge in [-0.2, -0.15) is 0 Å². The Morgan fingerprint density at radius 1 is 1.70 bits per heavy atom. The summed E-state index contributed by atoms with van der Waals surface area (Å²) in [5.41, 5.74) is 4.01. The van der Waals surface area contributed by atoms with Gasteiger partial charge in [0.15, 0.2) is 0 Å². The van der Waals surface area contributed by atoms with Gasteiger partial charge in [0, 0.05) is 7.05 Å². The van der Waals surface area contributed by atoms with Gasteiger partial charge in [0.05, 0.1) is 6.61 Å². The van der Waals surface area contributed by atoms with Gasteiger partial charge in [0.25, 0.3) is 0 Å². The molecular formula is C8H13NO. The highest BCUT2D eigenvalue weighted by molar-refractivity contribution is 5.17. The van der Waals surface area contributed by atoms with Crippen molar-refractivity contribution in [1.82, 2.24) is 5.48 Å². The number of allylic oxidation sites excluding steroid dienone is 3. The van der Waals surface area contributed by atoms with E-state index in [4.69, 9.17) is 4.84 Å². The molecule has 0 saturated heterocycles. The van der Waals surface area contributed by atoms with E-state index in [1.54, 1.807) is 7.05 Å². The highest BCUT2D eigenvalue weighted by Crippen LogP contribution is 2.10. The van der Waals surface area contributed by atoms with Crippen molar-refractivity contribution in [1.29, 1.82) is 0 Å². The van der Waals surface area contributed by atoms with Gasteiger partial charge in [0.2, 0.25) is 0 Å².